The van der Waals surface area contributed by atoms with Crippen molar-refractivity contribution in [2.45, 2.75) is 46.8 Å². The lowest BCUT2D eigenvalue weighted by atomic mass is 10.1. The fourth-order valence-electron chi connectivity index (χ4n) is 1.78. The third kappa shape index (κ3) is 3.99. The molecule has 3 heteroatoms. The Hall–Kier alpha value is -0.800. The first-order chi connectivity index (χ1) is 7.67. The van der Waals surface area contributed by atoms with E-state index in [0.717, 1.165) is 23.7 Å². The first-order valence-corrected chi connectivity index (χ1v) is 6.03. The molecule has 92 valence electrons. The number of hydrogen-bond acceptors (Lipinski definition) is 3. The Labute approximate surface area is 98.0 Å². The van der Waals surface area contributed by atoms with Crippen LogP contribution in [0.2, 0.25) is 0 Å². The average molecular weight is 225 g/mol. The van der Waals surface area contributed by atoms with Crippen LogP contribution in [0.3, 0.4) is 0 Å². The van der Waals surface area contributed by atoms with Crippen molar-refractivity contribution in [1.82, 2.24) is 0 Å². The Kier molecular flexibility index (Phi) is 5.56. The van der Waals surface area contributed by atoms with Crippen LogP contribution in [0.4, 0.5) is 0 Å². The molecule has 0 amide bonds. The fraction of sp³-hybridized carbons (Fsp3) is 0.692. The summed E-state index contributed by atoms with van der Waals surface area (Å²) in [4.78, 5) is 0. The topological polar surface area (TPSA) is 48.4 Å². The predicted octanol–water partition coefficient (Wildman–Crippen LogP) is 3.00. The van der Waals surface area contributed by atoms with E-state index >= 15 is 0 Å². The third-order valence-electron chi connectivity index (χ3n) is 2.71. The lowest BCUT2D eigenvalue weighted by Crippen LogP contribution is -2.05. The summed E-state index contributed by atoms with van der Waals surface area (Å²) in [6.45, 7) is 8.27. The molecule has 2 N–H and O–H groups in total. The molecule has 0 aliphatic heterocycles. The van der Waals surface area contributed by atoms with Crippen molar-refractivity contribution < 1.29 is 9.15 Å². The minimum absolute atomic E-state index is 0.451. The Morgan fingerprint density at radius 1 is 1.50 bits per heavy atom. The molecule has 0 aromatic carbocycles. The van der Waals surface area contributed by atoms with Crippen LogP contribution in [0.1, 0.15) is 43.8 Å². The van der Waals surface area contributed by atoms with Gasteiger partial charge in [0.2, 0.25) is 0 Å². The molecule has 0 bridgehead atoms. The van der Waals surface area contributed by atoms with Crippen molar-refractivity contribution in [2.75, 3.05) is 6.61 Å². The zero-order chi connectivity index (χ0) is 12.0. The normalized spacial score (nSPS) is 13.0. The van der Waals surface area contributed by atoms with Crippen molar-refractivity contribution in [1.29, 1.82) is 0 Å². The molecule has 1 rings (SSSR count). The highest BCUT2D eigenvalue weighted by Crippen LogP contribution is 2.16. The van der Waals surface area contributed by atoms with Gasteiger partial charge in [-0.2, -0.15) is 0 Å². The standard InChI is InChI=1S/C13H23NO2/c1-4-5-10(2)8-15-9-12-6-13(7-14)16-11(12)3/h6,10H,4-5,7-9,14H2,1-3H3. The summed E-state index contributed by atoms with van der Waals surface area (Å²) in [5.74, 6) is 2.38. The second kappa shape index (κ2) is 6.71. The Morgan fingerprint density at radius 2 is 2.25 bits per heavy atom. The SMILES string of the molecule is CCCC(C)COCc1cc(CN)oc1C. The van der Waals surface area contributed by atoms with Crippen LogP contribution in [-0.2, 0) is 17.9 Å². The van der Waals surface area contributed by atoms with Gasteiger partial charge in [0.1, 0.15) is 11.5 Å². The van der Waals surface area contributed by atoms with E-state index in [-0.39, 0.29) is 0 Å². The largest absolute Gasteiger partial charge is 0.465 e. The van der Waals surface area contributed by atoms with E-state index in [1.54, 1.807) is 0 Å². The summed E-state index contributed by atoms with van der Waals surface area (Å²) in [7, 11) is 0. The van der Waals surface area contributed by atoms with Crippen LogP contribution in [0, 0.1) is 12.8 Å². The third-order valence-corrected chi connectivity index (χ3v) is 2.71. The molecule has 0 aliphatic carbocycles. The van der Waals surface area contributed by atoms with Gasteiger partial charge in [0.25, 0.3) is 0 Å². The van der Waals surface area contributed by atoms with Crippen molar-refractivity contribution >= 4 is 0 Å². The highest BCUT2D eigenvalue weighted by atomic mass is 16.5. The van der Waals surface area contributed by atoms with Gasteiger partial charge in [0, 0.05) is 12.2 Å². The molecule has 1 unspecified atom stereocenters. The van der Waals surface area contributed by atoms with Gasteiger partial charge < -0.3 is 14.9 Å². The number of rotatable bonds is 7. The summed E-state index contributed by atoms with van der Waals surface area (Å²) in [5, 5.41) is 0. The zero-order valence-electron chi connectivity index (χ0n) is 10.6. The minimum Gasteiger partial charge on any atom is -0.465 e. The van der Waals surface area contributed by atoms with Gasteiger partial charge in [-0.1, -0.05) is 20.3 Å². The van der Waals surface area contributed by atoms with Crippen LogP contribution in [-0.4, -0.2) is 6.61 Å². The monoisotopic (exact) mass is 225 g/mol. The fourth-order valence-corrected chi connectivity index (χ4v) is 1.78. The molecule has 0 aliphatic rings. The molecule has 1 aromatic rings. The molecule has 0 saturated heterocycles. The Balaban J connectivity index is 2.33. The van der Waals surface area contributed by atoms with Crippen molar-refractivity contribution in [3.8, 4) is 0 Å². The lowest BCUT2D eigenvalue weighted by Gasteiger charge is -2.10. The average Bonchev–Trinajstić information content (AvgIpc) is 2.60. The molecule has 0 radical (unpaired) electrons. The molecule has 16 heavy (non-hydrogen) atoms. The summed E-state index contributed by atoms with van der Waals surface area (Å²) >= 11 is 0. The molecular weight excluding hydrogens is 202 g/mol. The molecule has 1 atom stereocenters. The first kappa shape index (κ1) is 13.3. The molecule has 0 spiro atoms. The van der Waals surface area contributed by atoms with Gasteiger partial charge in [0.05, 0.1) is 13.2 Å². The maximum absolute atomic E-state index is 5.67. The second-order valence-electron chi connectivity index (χ2n) is 4.41. The van der Waals surface area contributed by atoms with Crippen molar-refractivity contribution in [2.24, 2.45) is 11.7 Å². The minimum atomic E-state index is 0.451. The first-order valence-electron chi connectivity index (χ1n) is 6.03. The Morgan fingerprint density at radius 3 is 2.81 bits per heavy atom. The van der Waals surface area contributed by atoms with Crippen LogP contribution in [0.5, 0.6) is 0 Å². The van der Waals surface area contributed by atoms with Crippen molar-refractivity contribution in [3.05, 3.63) is 23.2 Å². The summed E-state index contributed by atoms with van der Waals surface area (Å²) in [5.41, 5.74) is 6.63. The van der Waals surface area contributed by atoms with Gasteiger partial charge in [-0.15, -0.1) is 0 Å². The molecule has 0 fully saturated rings. The Bertz CT molecular complexity index is 307. The van der Waals surface area contributed by atoms with E-state index in [0.29, 0.717) is 19.1 Å². The maximum atomic E-state index is 5.67. The smallest absolute Gasteiger partial charge is 0.118 e. The van der Waals surface area contributed by atoms with Crippen LogP contribution >= 0.6 is 0 Å². The lowest BCUT2D eigenvalue weighted by molar-refractivity contribution is 0.0886. The van der Waals surface area contributed by atoms with Gasteiger partial charge in [-0.05, 0) is 25.3 Å². The molecule has 3 nitrogen and oxygen atoms in total. The van der Waals surface area contributed by atoms with Crippen LogP contribution in [0.15, 0.2) is 10.5 Å². The van der Waals surface area contributed by atoms with Crippen LogP contribution < -0.4 is 5.73 Å². The van der Waals surface area contributed by atoms with E-state index in [2.05, 4.69) is 13.8 Å². The number of ether oxygens (including phenoxy) is 1. The molecular formula is C13H23NO2. The number of hydrogen-bond donors (Lipinski definition) is 1. The van der Waals surface area contributed by atoms with E-state index in [4.69, 9.17) is 14.9 Å². The maximum Gasteiger partial charge on any atom is 0.118 e. The number of furan rings is 1. The van der Waals surface area contributed by atoms with E-state index < -0.39 is 0 Å². The van der Waals surface area contributed by atoms with Gasteiger partial charge >= 0.3 is 0 Å². The van der Waals surface area contributed by atoms with Gasteiger partial charge in [-0.25, -0.2) is 0 Å². The predicted molar refractivity (Wildman–Crippen MR) is 65.1 cm³/mol. The highest BCUT2D eigenvalue weighted by Gasteiger charge is 2.07. The second-order valence-corrected chi connectivity index (χ2v) is 4.41. The number of nitrogens with two attached hydrogens (primary N) is 1. The van der Waals surface area contributed by atoms with E-state index in [1.807, 2.05) is 13.0 Å². The summed E-state index contributed by atoms with van der Waals surface area (Å²) in [6, 6.07) is 1.99. The van der Waals surface area contributed by atoms with Crippen LogP contribution in [0.25, 0.3) is 0 Å². The highest BCUT2D eigenvalue weighted by molar-refractivity contribution is 5.19. The number of aryl methyl sites for hydroxylation is 1. The summed E-state index contributed by atoms with van der Waals surface area (Å²) in [6.07, 6.45) is 2.44. The van der Waals surface area contributed by atoms with Gasteiger partial charge in [0.15, 0.2) is 0 Å². The quantitative estimate of drug-likeness (QED) is 0.776. The molecule has 1 aromatic heterocycles. The molecule has 0 saturated carbocycles. The zero-order valence-corrected chi connectivity index (χ0v) is 10.6. The van der Waals surface area contributed by atoms with Crippen molar-refractivity contribution in [3.63, 3.8) is 0 Å². The van der Waals surface area contributed by atoms with Gasteiger partial charge in [-0.3, -0.25) is 0 Å². The van der Waals surface area contributed by atoms with E-state index in [1.165, 1.54) is 12.8 Å². The van der Waals surface area contributed by atoms with E-state index in [9.17, 15) is 0 Å². The molecule has 1 heterocycles. The summed E-state index contributed by atoms with van der Waals surface area (Å²) < 4.78 is 11.1.